The van der Waals surface area contributed by atoms with Crippen LogP contribution in [0.25, 0.3) is 11.4 Å². The number of likely N-dealkylation sites (tertiary alicyclic amines) is 1. The highest BCUT2D eigenvalue weighted by atomic mass is 32.2. The molecule has 2 aromatic rings. The number of nitrogens with zero attached hydrogens (tertiary/aromatic N) is 4. The zero-order chi connectivity index (χ0) is 20.5. The maximum atomic E-state index is 12.7. The highest BCUT2D eigenvalue weighted by molar-refractivity contribution is 7.99. The third kappa shape index (κ3) is 4.03. The lowest BCUT2D eigenvalue weighted by Gasteiger charge is -2.36. The Hall–Kier alpha value is -1.83. The standard InChI is InChI=1S/C23H31N5OS/c1-17-15-28(22(25-17)18-5-3-2-4-6-18)19-7-9-26(10-8-19)20-13-21(24-14-20)23(29)27-11-12-30-16-27/h2-6,15,19-21,24H,7-14,16H2,1H3/t20-,21-/m0/s1. The van der Waals surface area contributed by atoms with Crippen molar-refractivity contribution in [3.63, 3.8) is 0 Å². The molecular weight excluding hydrogens is 394 g/mol. The predicted molar refractivity (Wildman–Crippen MR) is 121 cm³/mol. The Morgan fingerprint density at radius 1 is 1.13 bits per heavy atom. The predicted octanol–water partition coefficient (Wildman–Crippen LogP) is 2.76. The van der Waals surface area contributed by atoms with Gasteiger partial charge in [-0.25, -0.2) is 4.98 Å². The van der Waals surface area contributed by atoms with E-state index in [9.17, 15) is 4.79 Å². The van der Waals surface area contributed by atoms with Crippen molar-refractivity contribution in [1.29, 1.82) is 0 Å². The van der Waals surface area contributed by atoms with Gasteiger partial charge in [0.1, 0.15) is 5.82 Å². The van der Waals surface area contributed by atoms with Crippen molar-refractivity contribution in [3.8, 4) is 11.4 Å². The summed E-state index contributed by atoms with van der Waals surface area (Å²) in [5.74, 6) is 3.33. The van der Waals surface area contributed by atoms with E-state index in [1.54, 1.807) is 0 Å². The third-order valence-electron chi connectivity index (χ3n) is 6.76. The molecule has 1 aromatic carbocycles. The van der Waals surface area contributed by atoms with Crippen LogP contribution in [0.15, 0.2) is 36.5 Å². The largest absolute Gasteiger partial charge is 0.331 e. The minimum Gasteiger partial charge on any atom is -0.331 e. The number of carbonyl (C=O) groups excluding carboxylic acids is 1. The summed E-state index contributed by atoms with van der Waals surface area (Å²) < 4.78 is 2.40. The number of thioether (sulfide) groups is 1. The fourth-order valence-corrected chi connectivity index (χ4v) is 6.07. The molecule has 1 N–H and O–H groups in total. The van der Waals surface area contributed by atoms with Gasteiger partial charge in [0, 0.05) is 55.8 Å². The molecule has 7 heteroatoms. The van der Waals surface area contributed by atoms with Crippen molar-refractivity contribution in [2.75, 3.05) is 37.8 Å². The Labute approximate surface area is 183 Å². The lowest BCUT2D eigenvalue weighted by Crippen LogP contribution is -2.43. The number of hydrogen-bond donors (Lipinski definition) is 1. The number of imidazole rings is 1. The van der Waals surface area contributed by atoms with Gasteiger partial charge in [0.2, 0.25) is 5.91 Å². The van der Waals surface area contributed by atoms with Gasteiger partial charge in [-0.15, -0.1) is 11.8 Å². The van der Waals surface area contributed by atoms with E-state index in [1.165, 1.54) is 5.56 Å². The minimum absolute atomic E-state index is 0.00686. The van der Waals surface area contributed by atoms with Gasteiger partial charge < -0.3 is 14.8 Å². The summed E-state index contributed by atoms with van der Waals surface area (Å²) in [6, 6.07) is 11.5. The van der Waals surface area contributed by atoms with Gasteiger partial charge >= 0.3 is 0 Å². The van der Waals surface area contributed by atoms with E-state index in [2.05, 4.69) is 58.2 Å². The molecule has 0 spiro atoms. The smallest absolute Gasteiger partial charge is 0.240 e. The Bertz CT molecular complexity index is 871. The van der Waals surface area contributed by atoms with E-state index in [1.807, 2.05) is 16.7 Å². The molecule has 0 bridgehead atoms. The Balaban J connectivity index is 1.20. The summed E-state index contributed by atoms with van der Waals surface area (Å²) in [7, 11) is 0. The van der Waals surface area contributed by atoms with Crippen LogP contribution in [-0.4, -0.2) is 75.2 Å². The summed E-state index contributed by atoms with van der Waals surface area (Å²) in [6.07, 6.45) is 5.42. The summed E-state index contributed by atoms with van der Waals surface area (Å²) in [6.45, 7) is 6.09. The number of aryl methyl sites for hydroxylation is 1. The molecule has 3 saturated heterocycles. The second-order valence-electron chi connectivity index (χ2n) is 8.74. The van der Waals surface area contributed by atoms with Gasteiger partial charge in [-0.2, -0.15) is 0 Å². The zero-order valence-electron chi connectivity index (χ0n) is 17.7. The van der Waals surface area contributed by atoms with Crippen molar-refractivity contribution in [2.45, 2.75) is 44.3 Å². The molecule has 2 atom stereocenters. The van der Waals surface area contributed by atoms with Crippen LogP contribution < -0.4 is 5.32 Å². The fourth-order valence-electron chi connectivity index (χ4n) is 5.12. The van der Waals surface area contributed by atoms with Crippen LogP contribution in [0.1, 0.15) is 31.0 Å². The molecular formula is C23H31N5OS. The summed E-state index contributed by atoms with van der Waals surface area (Å²) >= 11 is 1.86. The highest BCUT2D eigenvalue weighted by Gasteiger charge is 2.37. The van der Waals surface area contributed by atoms with E-state index >= 15 is 0 Å². The van der Waals surface area contributed by atoms with Gasteiger partial charge in [-0.05, 0) is 26.2 Å². The lowest BCUT2D eigenvalue weighted by molar-refractivity contribution is -0.131. The van der Waals surface area contributed by atoms with E-state index in [0.29, 0.717) is 18.0 Å². The van der Waals surface area contributed by atoms with Crippen molar-refractivity contribution in [1.82, 2.24) is 24.7 Å². The van der Waals surface area contributed by atoms with Gasteiger partial charge in [-0.3, -0.25) is 9.69 Å². The van der Waals surface area contributed by atoms with Gasteiger partial charge in [0.15, 0.2) is 0 Å². The monoisotopic (exact) mass is 425 g/mol. The maximum Gasteiger partial charge on any atom is 0.240 e. The van der Waals surface area contributed by atoms with Crippen molar-refractivity contribution in [3.05, 3.63) is 42.2 Å². The van der Waals surface area contributed by atoms with E-state index in [4.69, 9.17) is 4.98 Å². The summed E-state index contributed by atoms with van der Waals surface area (Å²) in [5.41, 5.74) is 2.27. The van der Waals surface area contributed by atoms with E-state index in [0.717, 1.165) is 68.6 Å². The molecule has 6 nitrogen and oxygen atoms in total. The zero-order valence-corrected chi connectivity index (χ0v) is 18.5. The van der Waals surface area contributed by atoms with Crippen LogP contribution in [0.4, 0.5) is 0 Å². The van der Waals surface area contributed by atoms with E-state index < -0.39 is 0 Å². The van der Waals surface area contributed by atoms with Crippen LogP contribution in [-0.2, 0) is 4.79 Å². The first-order valence-electron chi connectivity index (χ1n) is 11.1. The number of benzene rings is 1. The van der Waals surface area contributed by atoms with Gasteiger partial charge in [0.05, 0.1) is 17.6 Å². The molecule has 3 fully saturated rings. The fraction of sp³-hybridized carbons (Fsp3) is 0.565. The Morgan fingerprint density at radius 2 is 1.93 bits per heavy atom. The molecule has 0 unspecified atom stereocenters. The van der Waals surface area contributed by atoms with Gasteiger partial charge in [-0.1, -0.05) is 30.3 Å². The molecule has 0 radical (unpaired) electrons. The average molecular weight is 426 g/mol. The lowest BCUT2D eigenvalue weighted by atomic mass is 10.0. The molecule has 1 aromatic heterocycles. The molecule has 3 aliphatic rings. The molecule has 30 heavy (non-hydrogen) atoms. The Kier molecular flexibility index (Phi) is 5.85. The number of piperidine rings is 1. The molecule has 3 aliphatic heterocycles. The van der Waals surface area contributed by atoms with Crippen LogP contribution >= 0.6 is 11.8 Å². The van der Waals surface area contributed by atoms with Crippen LogP contribution in [0.2, 0.25) is 0 Å². The molecule has 0 aliphatic carbocycles. The molecule has 160 valence electrons. The number of rotatable bonds is 4. The number of amides is 1. The van der Waals surface area contributed by atoms with Crippen molar-refractivity contribution < 1.29 is 4.79 Å². The first kappa shape index (κ1) is 20.1. The van der Waals surface area contributed by atoms with Crippen LogP contribution in [0.3, 0.4) is 0 Å². The molecule has 4 heterocycles. The number of carbonyl (C=O) groups is 1. The molecule has 1 amide bonds. The normalized spacial score (nSPS) is 25.8. The van der Waals surface area contributed by atoms with Gasteiger partial charge in [0.25, 0.3) is 0 Å². The molecule has 5 rings (SSSR count). The third-order valence-corrected chi connectivity index (χ3v) is 7.73. The first-order chi connectivity index (χ1) is 14.7. The second-order valence-corrected chi connectivity index (χ2v) is 9.81. The summed E-state index contributed by atoms with van der Waals surface area (Å²) in [5, 5.41) is 3.50. The first-order valence-corrected chi connectivity index (χ1v) is 12.3. The second kappa shape index (κ2) is 8.73. The van der Waals surface area contributed by atoms with Crippen LogP contribution in [0.5, 0.6) is 0 Å². The maximum absolute atomic E-state index is 12.7. The number of hydrogen-bond acceptors (Lipinski definition) is 5. The van der Waals surface area contributed by atoms with Crippen molar-refractivity contribution in [2.24, 2.45) is 0 Å². The SMILES string of the molecule is Cc1cn(C2CCN([C@@H]3CN[C@H](C(=O)N4CCSC4)C3)CC2)c(-c2ccccc2)n1. The quantitative estimate of drug-likeness (QED) is 0.816. The molecule has 0 saturated carbocycles. The topological polar surface area (TPSA) is 53.4 Å². The number of nitrogens with one attached hydrogen (secondary N) is 1. The Morgan fingerprint density at radius 3 is 2.67 bits per heavy atom. The number of aromatic nitrogens is 2. The summed E-state index contributed by atoms with van der Waals surface area (Å²) in [4.78, 5) is 22.1. The van der Waals surface area contributed by atoms with E-state index in [-0.39, 0.29) is 6.04 Å². The highest BCUT2D eigenvalue weighted by Crippen LogP contribution is 2.31. The minimum atomic E-state index is 0.00686. The van der Waals surface area contributed by atoms with Crippen molar-refractivity contribution >= 4 is 17.7 Å². The average Bonchev–Trinajstić information content (AvgIpc) is 3.55. The van der Waals surface area contributed by atoms with Crippen LogP contribution in [0, 0.1) is 6.92 Å².